The summed E-state index contributed by atoms with van der Waals surface area (Å²) in [6.07, 6.45) is 0.405. The standard InChI is InChI=1S/C23H22O3/c1-25-20-12-8-18(9-13-20)22(17-6-4-3-5-7-17)16-23(24)19-10-14-21(26-2)15-11-19/h3-15,22H,16H2,1-2H3/t22-/m1/s1. The van der Waals surface area contributed by atoms with Gasteiger partial charge in [-0.1, -0.05) is 42.5 Å². The van der Waals surface area contributed by atoms with E-state index in [9.17, 15) is 4.79 Å². The number of hydrogen-bond donors (Lipinski definition) is 0. The molecule has 1 atom stereocenters. The first-order valence-electron chi connectivity index (χ1n) is 8.57. The molecule has 0 saturated carbocycles. The van der Waals surface area contributed by atoms with Crippen LogP contribution in [0, 0.1) is 0 Å². The third-order valence-corrected chi connectivity index (χ3v) is 4.52. The maximum absolute atomic E-state index is 12.9. The molecular weight excluding hydrogens is 324 g/mol. The van der Waals surface area contributed by atoms with Crippen LogP contribution in [0.4, 0.5) is 0 Å². The number of methoxy groups -OCH3 is 2. The lowest BCUT2D eigenvalue weighted by Gasteiger charge is -2.18. The Hall–Kier alpha value is -3.07. The van der Waals surface area contributed by atoms with E-state index in [2.05, 4.69) is 12.1 Å². The van der Waals surface area contributed by atoms with Crippen LogP contribution >= 0.6 is 0 Å². The molecular formula is C23H22O3. The van der Waals surface area contributed by atoms with Gasteiger partial charge in [0.05, 0.1) is 14.2 Å². The minimum absolute atomic E-state index is 0.00305. The summed E-state index contributed by atoms with van der Waals surface area (Å²) in [5.41, 5.74) is 2.92. The molecule has 0 unspecified atom stereocenters. The lowest BCUT2D eigenvalue weighted by atomic mass is 9.86. The van der Waals surface area contributed by atoms with Crippen molar-refractivity contribution in [2.24, 2.45) is 0 Å². The Morgan fingerprint density at radius 1 is 0.731 bits per heavy atom. The predicted octanol–water partition coefficient (Wildman–Crippen LogP) is 5.11. The van der Waals surface area contributed by atoms with Gasteiger partial charge in [-0.15, -0.1) is 0 Å². The SMILES string of the molecule is COc1ccc(C(=O)C[C@H](c2ccccc2)c2ccc(OC)cc2)cc1. The quantitative estimate of drug-likeness (QED) is 0.558. The van der Waals surface area contributed by atoms with Crippen molar-refractivity contribution in [2.75, 3.05) is 14.2 Å². The minimum Gasteiger partial charge on any atom is -0.497 e. The first-order valence-corrected chi connectivity index (χ1v) is 8.57. The second-order valence-electron chi connectivity index (χ2n) is 6.09. The van der Waals surface area contributed by atoms with Gasteiger partial charge in [0.1, 0.15) is 11.5 Å². The molecule has 0 bridgehead atoms. The molecule has 3 heteroatoms. The molecule has 0 aromatic heterocycles. The van der Waals surface area contributed by atoms with Crippen LogP contribution in [-0.4, -0.2) is 20.0 Å². The van der Waals surface area contributed by atoms with Gasteiger partial charge >= 0.3 is 0 Å². The third-order valence-electron chi connectivity index (χ3n) is 4.52. The van der Waals surface area contributed by atoms with Crippen molar-refractivity contribution in [2.45, 2.75) is 12.3 Å². The van der Waals surface area contributed by atoms with Crippen LogP contribution in [0.3, 0.4) is 0 Å². The molecule has 3 nitrogen and oxygen atoms in total. The summed E-state index contributed by atoms with van der Waals surface area (Å²) >= 11 is 0. The molecule has 0 aliphatic heterocycles. The lowest BCUT2D eigenvalue weighted by Crippen LogP contribution is -2.09. The summed E-state index contributed by atoms with van der Waals surface area (Å²) < 4.78 is 10.4. The second-order valence-corrected chi connectivity index (χ2v) is 6.09. The zero-order valence-electron chi connectivity index (χ0n) is 15.0. The molecule has 0 N–H and O–H groups in total. The van der Waals surface area contributed by atoms with Gasteiger partial charge in [0.2, 0.25) is 0 Å². The number of benzene rings is 3. The normalized spacial score (nSPS) is 11.6. The Morgan fingerprint density at radius 3 is 1.77 bits per heavy atom. The highest BCUT2D eigenvalue weighted by Gasteiger charge is 2.19. The molecule has 0 fully saturated rings. The monoisotopic (exact) mass is 346 g/mol. The van der Waals surface area contributed by atoms with Crippen LogP contribution in [0.5, 0.6) is 11.5 Å². The van der Waals surface area contributed by atoms with Crippen molar-refractivity contribution < 1.29 is 14.3 Å². The number of Topliss-reactive ketones (excluding diaryl/α,β-unsaturated/α-hetero) is 1. The number of hydrogen-bond acceptors (Lipinski definition) is 3. The van der Waals surface area contributed by atoms with Crippen LogP contribution in [0.1, 0.15) is 33.8 Å². The maximum Gasteiger partial charge on any atom is 0.163 e. The summed E-state index contributed by atoms with van der Waals surface area (Å²) in [6, 6.07) is 25.3. The highest BCUT2D eigenvalue weighted by molar-refractivity contribution is 5.97. The average molecular weight is 346 g/mol. The van der Waals surface area contributed by atoms with E-state index in [0.29, 0.717) is 12.0 Å². The van der Waals surface area contributed by atoms with E-state index in [4.69, 9.17) is 9.47 Å². The second kappa shape index (κ2) is 8.34. The van der Waals surface area contributed by atoms with E-state index in [1.54, 1.807) is 14.2 Å². The predicted molar refractivity (Wildman–Crippen MR) is 103 cm³/mol. The zero-order chi connectivity index (χ0) is 18.4. The summed E-state index contributed by atoms with van der Waals surface area (Å²) in [5.74, 6) is 1.66. The molecule has 3 rings (SSSR count). The molecule has 26 heavy (non-hydrogen) atoms. The van der Waals surface area contributed by atoms with Gasteiger partial charge in [-0.05, 0) is 47.5 Å². The van der Waals surface area contributed by atoms with Crippen LogP contribution in [-0.2, 0) is 0 Å². The number of carbonyl (C=O) groups is 1. The smallest absolute Gasteiger partial charge is 0.163 e. The largest absolute Gasteiger partial charge is 0.497 e. The van der Waals surface area contributed by atoms with Gasteiger partial charge in [-0.2, -0.15) is 0 Å². The van der Waals surface area contributed by atoms with Crippen molar-refractivity contribution in [3.8, 4) is 11.5 Å². The van der Waals surface area contributed by atoms with E-state index >= 15 is 0 Å². The Kier molecular flexibility index (Phi) is 5.69. The molecule has 0 heterocycles. The Labute approximate surface area is 154 Å². The molecule has 0 saturated heterocycles. The highest BCUT2D eigenvalue weighted by atomic mass is 16.5. The van der Waals surface area contributed by atoms with Crippen molar-refractivity contribution >= 4 is 5.78 Å². The van der Waals surface area contributed by atoms with Gasteiger partial charge in [0.25, 0.3) is 0 Å². The molecule has 0 spiro atoms. The summed E-state index contributed by atoms with van der Waals surface area (Å²) in [7, 11) is 3.27. The highest BCUT2D eigenvalue weighted by Crippen LogP contribution is 2.30. The van der Waals surface area contributed by atoms with Crippen molar-refractivity contribution in [1.29, 1.82) is 0 Å². The fourth-order valence-corrected chi connectivity index (χ4v) is 3.03. The first-order chi connectivity index (χ1) is 12.7. The average Bonchev–Trinajstić information content (AvgIpc) is 2.72. The van der Waals surface area contributed by atoms with Gasteiger partial charge in [-0.25, -0.2) is 0 Å². The zero-order valence-corrected chi connectivity index (χ0v) is 15.0. The van der Waals surface area contributed by atoms with Crippen LogP contribution in [0.2, 0.25) is 0 Å². The van der Waals surface area contributed by atoms with Gasteiger partial charge in [0, 0.05) is 17.9 Å². The maximum atomic E-state index is 12.9. The van der Waals surface area contributed by atoms with Gasteiger partial charge < -0.3 is 9.47 Å². The number of ketones is 1. The number of rotatable bonds is 7. The first kappa shape index (κ1) is 17.7. The van der Waals surface area contributed by atoms with E-state index in [0.717, 1.165) is 22.6 Å². The third kappa shape index (κ3) is 4.12. The van der Waals surface area contributed by atoms with Gasteiger partial charge in [0.15, 0.2) is 5.78 Å². The van der Waals surface area contributed by atoms with Crippen molar-refractivity contribution in [3.63, 3.8) is 0 Å². The van der Waals surface area contributed by atoms with Crippen molar-refractivity contribution in [1.82, 2.24) is 0 Å². The minimum atomic E-state index is -0.00305. The summed E-state index contributed by atoms with van der Waals surface area (Å²) in [6.45, 7) is 0. The molecule has 0 radical (unpaired) electrons. The number of carbonyl (C=O) groups excluding carboxylic acids is 1. The summed E-state index contributed by atoms with van der Waals surface area (Å²) in [5, 5.41) is 0. The molecule has 3 aromatic rings. The Morgan fingerprint density at radius 2 is 1.23 bits per heavy atom. The number of ether oxygens (including phenoxy) is 2. The molecule has 3 aromatic carbocycles. The Bertz CT molecular complexity index is 837. The topological polar surface area (TPSA) is 35.5 Å². The lowest BCUT2D eigenvalue weighted by molar-refractivity contribution is 0.0977. The fourth-order valence-electron chi connectivity index (χ4n) is 3.03. The van der Waals surface area contributed by atoms with Crippen molar-refractivity contribution in [3.05, 3.63) is 95.6 Å². The van der Waals surface area contributed by atoms with E-state index in [1.807, 2.05) is 66.7 Å². The van der Waals surface area contributed by atoms with Crippen LogP contribution in [0.25, 0.3) is 0 Å². The van der Waals surface area contributed by atoms with E-state index < -0.39 is 0 Å². The molecule has 0 amide bonds. The summed E-state index contributed by atoms with van der Waals surface area (Å²) in [4.78, 5) is 12.9. The molecule has 0 aliphatic rings. The molecule has 132 valence electrons. The van der Waals surface area contributed by atoms with E-state index in [1.165, 1.54) is 0 Å². The van der Waals surface area contributed by atoms with E-state index in [-0.39, 0.29) is 11.7 Å². The Balaban J connectivity index is 1.88. The molecule has 0 aliphatic carbocycles. The fraction of sp³-hybridized carbons (Fsp3) is 0.174. The van der Waals surface area contributed by atoms with Gasteiger partial charge in [-0.3, -0.25) is 4.79 Å². The van der Waals surface area contributed by atoms with Crippen LogP contribution < -0.4 is 9.47 Å². The van der Waals surface area contributed by atoms with Crippen LogP contribution in [0.15, 0.2) is 78.9 Å².